The summed E-state index contributed by atoms with van der Waals surface area (Å²) in [6.07, 6.45) is 2.81. The number of nitrogens with two attached hydrogens (primary N) is 1. The van der Waals surface area contributed by atoms with Gasteiger partial charge in [0.25, 0.3) is 0 Å². The Bertz CT molecular complexity index is 181. The number of hydrogen-bond acceptors (Lipinski definition) is 3. The third-order valence-corrected chi connectivity index (χ3v) is 3.57. The van der Waals surface area contributed by atoms with Gasteiger partial charge >= 0.3 is 0 Å². The second kappa shape index (κ2) is 6.30. The number of thioether (sulfide) groups is 1. The molecule has 1 unspecified atom stereocenters. The van der Waals surface area contributed by atoms with E-state index in [1.54, 1.807) is 0 Å². The fourth-order valence-electron chi connectivity index (χ4n) is 1.53. The Hall–Kier alpha value is -0.220. The number of amides is 1. The summed E-state index contributed by atoms with van der Waals surface area (Å²) in [5.74, 6) is 2.82. The van der Waals surface area contributed by atoms with Crippen molar-refractivity contribution in [2.75, 3.05) is 18.1 Å². The molecule has 3 N–H and O–H groups in total. The lowest BCUT2D eigenvalue weighted by Crippen LogP contribution is -2.38. The molecule has 14 heavy (non-hydrogen) atoms. The summed E-state index contributed by atoms with van der Waals surface area (Å²) in [5, 5.41) is 3.08. The summed E-state index contributed by atoms with van der Waals surface area (Å²) in [5.41, 5.74) is 5.47. The largest absolute Gasteiger partial charge is 0.353 e. The topological polar surface area (TPSA) is 55.1 Å². The van der Waals surface area contributed by atoms with Gasteiger partial charge in [0, 0.05) is 12.5 Å². The first-order chi connectivity index (χ1) is 6.72. The first-order valence-corrected chi connectivity index (χ1v) is 6.45. The molecular weight excluding hydrogens is 196 g/mol. The third-order valence-electron chi connectivity index (χ3n) is 2.52. The van der Waals surface area contributed by atoms with Gasteiger partial charge in [0.2, 0.25) is 5.91 Å². The molecule has 0 aromatic heterocycles. The first kappa shape index (κ1) is 11.9. The zero-order valence-corrected chi connectivity index (χ0v) is 9.61. The van der Waals surface area contributed by atoms with Crippen molar-refractivity contribution in [3.63, 3.8) is 0 Å². The maximum Gasteiger partial charge on any atom is 0.220 e. The standard InChI is InChI=1S/C10H20N2OS/c1-8(7-11)6-10(13)12-9-2-4-14-5-3-9/h8-9H,2-7,11H2,1H3,(H,12,13). The van der Waals surface area contributed by atoms with E-state index in [-0.39, 0.29) is 5.91 Å². The summed E-state index contributed by atoms with van der Waals surface area (Å²) in [6, 6.07) is 0.411. The van der Waals surface area contributed by atoms with E-state index in [1.807, 2.05) is 18.7 Å². The zero-order chi connectivity index (χ0) is 10.4. The zero-order valence-electron chi connectivity index (χ0n) is 8.79. The molecule has 0 radical (unpaired) electrons. The van der Waals surface area contributed by atoms with Crippen LogP contribution in [0.4, 0.5) is 0 Å². The molecule has 4 heteroatoms. The summed E-state index contributed by atoms with van der Waals surface area (Å²) >= 11 is 1.97. The predicted octanol–water partition coefficient (Wildman–Crippen LogP) is 0.983. The molecule has 1 rings (SSSR count). The molecule has 0 aromatic rings. The lowest BCUT2D eigenvalue weighted by Gasteiger charge is -2.23. The van der Waals surface area contributed by atoms with E-state index in [9.17, 15) is 4.79 Å². The smallest absolute Gasteiger partial charge is 0.220 e. The molecule has 1 atom stereocenters. The molecule has 0 saturated carbocycles. The predicted molar refractivity (Wildman–Crippen MR) is 61.3 cm³/mol. The van der Waals surface area contributed by atoms with E-state index in [1.165, 1.54) is 11.5 Å². The van der Waals surface area contributed by atoms with E-state index in [0.29, 0.717) is 24.9 Å². The van der Waals surface area contributed by atoms with Gasteiger partial charge in [-0.2, -0.15) is 11.8 Å². The fraction of sp³-hybridized carbons (Fsp3) is 0.900. The van der Waals surface area contributed by atoms with Crippen molar-refractivity contribution in [3.05, 3.63) is 0 Å². The van der Waals surface area contributed by atoms with Gasteiger partial charge in [0.05, 0.1) is 0 Å². The van der Waals surface area contributed by atoms with Crippen LogP contribution in [-0.2, 0) is 4.79 Å². The molecule has 0 aromatic carbocycles. The lowest BCUT2D eigenvalue weighted by molar-refractivity contribution is -0.122. The summed E-state index contributed by atoms with van der Waals surface area (Å²) in [6.45, 7) is 2.60. The van der Waals surface area contributed by atoms with E-state index in [2.05, 4.69) is 5.32 Å². The average Bonchev–Trinajstić information content (AvgIpc) is 2.19. The molecular formula is C10H20N2OS. The Labute approximate surface area is 90.2 Å². The SMILES string of the molecule is CC(CN)CC(=O)NC1CCSCC1. The van der Waals surface area contributed by atoms with Gasteiger partial charge in [-0.1, -0.05) is 6.92 Å². The van der Waals surface area contributed by atoms with Crippen molar-refractivity contribution in [1.82, 2.24) is 5.32 Å². The van der Waals surface area contributed by atoms with Crippen LogP contribution in [0.1, 0.15) is 26.2 Å². The monoisotopic (exact) mass is 216 g/mol. The van der Waals surface area contributed by atoms with E-state index in [4.69, 9.17) is 5.73 Å². The minimum atomic E-state index is 0.167. The number of nitrogens with one attached hydrogen (secondary N) is 1. The van der Waals surface area contributed by atoms with E-state index < -0.39 is 0 Å². The van der Waals surface area contributed by atoms with E-state index in [0.717, 1.165) is 12.8 Å². The van der Waals surface area contributed by atoms with Gasteiger partial charge in [0.15, 0.2) is 0 Å². The highest BCUT2D eigenvalue weighted by Crippen LogP contribution is 2.17. The van der Waals surface area contributed by atoms with Gasteiger partial charge < -0.3 is 11.1 Å². The molecule has 1 fully saturated rings. The molecule has 1 amide bonds. The average molecular weight is 216 g/mol. The first-order valence-electron chi connectivity index (χ1n) is 5.29. The van der Waals surface area contributed by atoms with Crippen molar-refractivity contribution in [1.29, 1.82) is 0 Å². The van der Waals surface area contributed by atoms with Crippen LogP contribution in [-0.4, -0.2) is 30.0 Å². The Balaban J connectivity index is 2.18. The Morgan fingerprint density at radius 1 is 1.57 bits per heavy atom. The van der Waals surface area contributed by atoms with Crippen LogP contribution in [0.5, 0.6) is 0 Å². The fourth-order valence-corrected chi connectivity index (χ4v) is 2.63. The third kappa shape index (κ3) is 4.33. The molecule has 1 aliphatic heterocycles. The molecule has 0 spiro atoms. The summed E-state index contributed by atoms with van der Waals surface area (Å²) in [7, 11) is 0. The van der Waals surface area contributed by atoms with Gasteiger partial charge in [0.1, 0.15) is 0 Å². The minimum absolute atomic E-state index is 0.167. The van der Waals surface area contributed by atoms with Crippen molar-refractivity contribution in [2.45, 2.75) is 32.2 Å². The van der Waals surface area contributed by atoms with Crippen LogP contribution < -0.4 is 11.1 Å². The number of rotatable bonds is 4. The van der Waals surface area contributed by atoms with Crippen molar-refractivity contribution in [3.8, 4) is 0 Å². The molecule has 0 aliphatic carbocycles. The number of hydrogen-bond donors (Lipinski definition) is 2. The van der Waals surface area contributed by atoms with Gasteiger partial charge in [-0.3, -0.25) is 4.79 Å². The quantitative estimate of drug-likeness (QED) is 0.736. The lowest BCUT2D eigenvalue weighted by atomic mass is 10.1. The van der Waals surface area contributed by atoms with Gasteiger partial charge in [-0.05, 0) is 36.8 Å². The molecule has 82 valence electrons. The van der Waals surface area contributed by atoms with Crippen LogP contribution in [0, 0.1) is 5.92 Å². The van der Waals surface area contributed by atoms with Crippen LogP contribution >= 0.6 is 11.8 Å². The second-order valence-electron chi connectivity index (χ2n) is 4.00. The summed E-state index contributed by atoms with van der Waals surface area (Å²) in [4.78, 5) is 11.5. The molecule has 0 bridgehead atoms. The maximum absolute atomic E-state index is 11.5. The highest BCUT2D eigenvalue weighted by molar-refractivity contribution is 7.99. The number of carbonyl (C=O) groups excluding carboxylic acids is 1. The molecule has 3 nitrogen and oxygen atoms in total. The van der Waals surface area contributed by atoms with Crippen LogP contribution in [0.15, 0.2) is 0 Å². The van der Waals surface area contributed by atoms with Crippen LogP contribution in [0.3, 0.4) is 0 Å². The summed E-state index contributed by atoms with van der Waals surface area (Å²) < 4.78 is 0. The van der Waals surface area contributed by atoms with Crippen LogP contribution in [0.25, 0.3) is 0 Å². The van der Waals surface area contributed by atoms with E-state index >= 15 is 0 Å². The Morgan fingerprint density at radius 2 is 2.21 bits per heavy atom. The van der Waals surface area contributed by atoms with Crippen molar-refractivity contribution >= 4 is 17.7 Å². The maximum atomic E-state index is 11.5. The number of carbonyl (C=O) groups is 1. The van der Waals surface area contributed by atoms with Gasteiger partial charge in [-0.25, -0.2) is 0 Å². The highest BCUT2D eigenvalue weighted by atomic mass is 32.2. The highest BCUT2D eigenvalue weighted by Gasteiger charge is 2.16. The molecule has 1 aliphatic rings. The Kier molecular flexibility index (Phi) is 5.33. The normalized spacial score (nSPS) is 20.4. The van der Waals surface area contributed by atoms with Gasteiger partial charge in [-0.15, -0.1) is 0 Å². The molecule has 1 heterocycles. The minimum Gasteiger partial charge on any atom is -0.353 e. The van der Waals surface area contributed by atoms with Crippen LogP contribution in [0.2, 0.25) is 0 Å². The molecule has 1 saturated heterocycles. The van der Waals surface area contributed by atoms with Crippen molar-refractivity contribution < 1.29 is 4.79 Å². The second-order valence-corrected chi connectivity index (χ2v) is 5.22. The van der Waals surface area contributed by atoms with Crippen molar-refractivity contribution in [2.24, 2.45) is 11.7 Å². The Morgan fingerprint density at radius 3 is 2.79 bits per heavy atom.